The van der Waals surface area contributed by atoms with E-state index in [0.29, 0.717) is 5.91 Å². The van der Waals surface area contributed by atoms with Crippen LogP contribution in [-0.4, -0.2) is 41.9 Å². The first-order chi connectivity index (χ1) is 11.5. The van der Waals surface area contributed by atoms with Crippen molar-refractivity contribution in [3.8, 4) is 0 Å². The van der Waals surface area contributed by atoms with E-state index in [4.69, 9.17) is 0 Å². The van der Waals surface area contributed by atoms with E-state index in [9.17, 15) is 4.79 Å². The maximum Gasteiger partial charge on any atom is 0.225 e. The zero-order valence-electron chi connectivity index (χ0n) is 15.7. The van der Waals surface area contributed by atoms with Crippen molar-refractivity contribution in [2.24, 2.45) is 41.4 Å². The van der Waals surface area contributed by atoms with Gasteiger partial charge < -0.3 is 9.80 Å². The van der Waals surface area contributed by atoms with Gasteiger partial charge in [-0.15, -0.1) is 0 Å². The van der Waals surface area contributed by atoms with Crippen LogP contribution in [0.25, 0.3) is 0 Å². The van der Waals surface area contributed by atoms with E-state index in [1.54, 1.807) is 0 Å². The highest BCUT2D eigenvalue weighted by Crippen LogP contribution is 2.62. The second-order valence-corrected chi connectivity index (χ2v) is 9.06. The largest absolute Gasteiger partial charge is 0.375 e. The standard InChI is InChI=1S/C21H34N2O/c1-5-16-18-10-17(18)14(4)19-11-23(12-20(16)19)21(24)15-6-8-22(9-7-15)13(2)3/h14-20H,2,5-12H2,1,3-4H3. The average Bonchev–Trinajstić information content (AvgIpc) is 3.25. The van der Waals surface area contributed by atoms with E-state index in [0.717, 1.165) is 80.2 Å². The number of allylic oxidation sites excluding steroid dienone is 1. The van der Waals surface area contributed by atoms with Gasteiger partial charge in [0.05, 0.1) is 0 Å². The number of rotatable bonds is 3. The Kier molecular flexibility index (Phi) is 4.17. The van der Waals surface area contributed by atoms with Gasteiger partial charge >= 0.3 is 0 Å². The Hall–Kier alpha value is -0.990. The quantitative estimate of drug-likeness (QED) is 0.789. The van der Waals surface area contributed by atoms with Crippen molar-refractivity contribution in [1.82, 2.24) is 9.80 Å². The molecule has 4 fully saturated rings. The van der Waals surface area contributed by atoms with Crippen LogP contribution < -0.4 is 0 Å². The summed E-state index contributed by atoms with van der Waals surface area (Å²) in [5, 5.41) is 0. The Labute approximate surface area is 147 Å². The fourth-order valence-electron chi connectivity index (χ4n) is 6.38. The summed E-state index contributed by atoms with van der Waals surface area (Å²) in [7, 11) is 0. The number of hydrogen-bond acceptors (Lipinski definition) is 2. The molecule has 0 N–H and O–H groups in total. The molecule has 134 valence electrons. The smallest absolute Gasteiger partial charge is 0.225 e. The van der Waals surface area contributed by atoms with Crippen LogP contribution >= 0.6 is 0 Å². The molecule has 0 bridgehead atoms. The highest BCUT2D eigenvalue weighted by Gasteiger charge is 2.58. The molecule has 2 heterocycles. The van der Waals surface area contributed by atoms with E-state index in [-0.39, 0.29) is 5.92 Å². The normalized spacial score (nSPS) is 41.8. The zero-order valence-corrected chi connectivity index (χ0v) is 15.7. The van der Waals surface area contributed by atoms with Crippen LogP contribution in [0.1, 0.15) is 46.5 Å². The van der Waals surface area contributed by atoms with Gasteiger partial charge in [-0.05, 0) is 61.7 Å². The lowest BCUT2D eigenvalue weighted by molar-refractivity contribution is -0.136. The first kappa shape index (κ1) is 16.5. The molecule has 0 radical (unpaired) electrons. The van der Waals surface area contributed by atoms with Crippen molar-refractivity contribution >= 4 is 5.91 Å². The summed E-state index contributed by atoms with van der Waals surface area (Å²) in [4.78, 5) is 17.7. The zero-order chi connectivity index (χ0) is 17.0. The summed E-state index contributed by atoms with van der Waals surface area (Å²) in [6.07, 6.45) is 4.80. The third-order valence-electron chi connectivity index (χ3n) is 7.92. The summed E-state index contributed by atoms with van der Waals surface area (Å²) < 4.78 is 0. The first-order valence-corrected chi connectivity index (χ1v) is 10.2. The van der Waals surface area contributed by atoms with Crippen LogP contribution in [0.2, 0.25) is 0 Å². The lowest BCUT2D eigenvalue weighted by Crippen LogP contribution is -2.41. The Balaban J connectivity index is 1.40. The summed E-state index contributed by atoms with van der Waals surface area (Å²) in [5.74, 6) is 5.97. The second-order valence-electron chi connectivity index (χ2n) is 9.06. The van der Waals surface area contributed by atoms with Crippen molar-refractivity contribution in [3.05, 3.63) is 12.3 Å². The molecule has 2 aliphatic carbocycles. The number of nitrogens with zero attached hydrogens (tertiary/aromatic N) is 2. The van der Waals surface area contributed by atoms with E-state index in [1.807, 2.05) is 0 Å². The molecule has 0 aromatic heterocycles. The lowest BCUT2D eigenvalue weighted by atomic mass is 9.68. The molecule has 0 aromatic rings. The van der Waals surface area contributed by atoms with Crippen LogP contribution in [0.3, 0.4) is 0 Å². The SMILES string of the molecule is C=C(C)N1CCC(C(=O)N2CC3C(C)C4CC4C(CC)C3C2)CC1. The van der Waals surface area contributed by atoms with Gasteiger partial charge in [0.2, 0.25) is 5.91 Å². The molecular formula is C21H34N2O. The number of amides is 1. The third-order valence-corrected chi connectivity index (χ3v) is 7.92. The van der Waals surface area contributed by atoms with Gasteiger partial charge in [0, 0.05) is 37.8 Å². The summed E-state index contributed by atoms with van der Waals surface area (Å²) >= 11 is 0. The van der Waals surface area contributed by atoms with Crippen LogP contribution in [0.4, 0.5) is 0 Å². The molecule has 0 spiro atoms. The molecule has 4 rings (SSSR count). The lowest BCUT2D eigenvalue weighted by Gasteiger charge is -2.36. The topological polar surface area (TPSA) is 23.6 Å². The van der Waals surface area contributed by atoms with Crippen molar-refractivity contribution < 1.29 is 4.79 Å². The van der Waals surface area contributed by atoms with Gasteiger partial charge in [0.25, 0.3) is 0 Å². The highest BCUT2D eigenvalue weighted by atomic mass is 16.2. The fourth-order valence-corrected chi connectivity index (χ4v) is 6.38. The summed E-state index contributed by atoms with van der Waals surface area (Å²) in [5.41, 5.74) is 1.15. The van der Waals surface area contributed by atoms with Crippen LogP contribution in [0.5, 0.6) is 0 Å². The van der Waals surface area contributed by atoms with E-state index < -0.39 is 0 Å². The third kappa shape index (κ3) is 2.59. The Morgan fingerprint density at radius 2 is 1.71 bits per heavy atom. The number of likely N-dealkylation sites (tertiary alicyclic amines) is 2. The van der Waals surface area contributed by atoms with Crippen molar-refractivity contribution in [2.45, 2.75) is 46.5 Å². The van der Waals surface area contributed by atoms with Crippen LogP contribution in [0, 0.1) is 41.4 Å². The number of piperidine rings is 1. The Morgan fingerprint density at radius 1 is 1.04 bits per heavy atom. The number of carbonyl (C=O) groups excluding carboxylic acids is 1. The molecule has 3 heteroatoms. The minimum Gasteiger partial charge on any atom is -0.375 e. The van der Waals surface area contributed by atoms with Gasteiger partial charge in [-0.1, -0.05) is 26.8 Å². The predicted molar refractivity (Wildman–Crippen MR) is 97.2 cm³/mol. The Morgan fingerprint density at radius 3 is 2.33 bits per heavy atom. The summed E-state index contributed by atoms with van der Waals surface area (Å²) in [6.45, 7) is 15.1. The molecule has 6 unspecified atom stereocenters. The van der Waals surface area contributed by atoms with Gasteiger partial charge in [0.15, 0.2) is 0 Å². The number of carbonyl (C=O) groups is 1. The first-order valence-electron chi connectivity index (χ1n) is 10.2. The van der Waals surface area contributed by atoms with Crippen molar-refractivity contribution in [3.63, 3.8) is 0 Å². The van der Waals surface area contributed by atoms with Crippen LogP contribution in [0.15, 0.2) is 12.3 Å². The van der Waals surface area contributed by atoms with Gasteiger partial charge in [-0.25, -0.2) is 0 Å². The maximum atomic E-state index is 13.1. The minimum atomic E-state index is 0.255. The van der Waals surface area contributed by atoms with E-state index >= 15 is 0 Å². The van der Waals surface area contributed by atoms with Gasteiger partial charge in [-0.2, -0.15) is 0 Å². The number of fused-ring (bicyclic) bond motifs is 2. The fraction of sp³-hybridized carbons (Fsp3) is 0.857. The van der Waals surface area contributed by atoms with Gasteiger partial charge in [-0.3, -0.25) is 4.79 Å². The monoisotopic (exact) mass is 330 g/mol. The molecule has 4 aliphatic rings. The molecule has 6 atom stereocenters. The minimum absolute atomic E-state index is 0.255. The van der Waals surface area contributed by atoms with E-state index in [1.165, 1.54) is 12.8 Å². The van der Waals surface area contributed by atoms with E-state index in [2.05, 4.69) is 37.1 Å². The molecule has 1 amide bonds. The molecule has 2 saturated heterocycles. The molecule has 2 saturated carbocycles. The van der Waals surface area contributed by atoms with Crippen molar-refractivity contribution in [1.29, 1.82) is 0 Å². The molecule has 24 heavy (non-hydrogen) atoms. The second kappa shape index (κ2) is 6.07. The molecular weight excluding hydrogens is 296 g/mol. The highest BCUT2D eigenvalue weighted by molar-refractivity contribution is 5.79. The molecule has 2 aliphatic heterocycles. The number of hydrogen-bond donors (Lipinski definition) is 0. The predicted octanol–water partition coefficient (Wildman–Crippen LogP) is 3.62. The summed E-state index contributed by atoms with van der Waals surface area (Å²) in [6, 6.07) is 0. The molecule has 3 nitrogen and oxygen atoms in total. The molecule has 0 aromatic carbocycles. The van der Waals surface area contributed by atoms with Crippen LogP contribution in [-0.2, 0) is 4.79 Å². The maximum absolute atomic E-state index is 13.1. The van der Waals surface area contributed by atoms with Gasteiger partial charge in [0.1, 0.15) is 0 Å². The Bertz CT molecular complexity index is 522. The van der Waals surface area contributed by atoms with Crippen molar-refractivity contribution in [2.75, 3.05) is 26.2 Å². The average molecular weight is 331 g/mol.